The summed E-state index contributed by atoms with van der Waals surface area (Å²) in [5.41, 5.74) is 4.22. The van der Waals surface area contributed by atoms with Crippen LogP contribution in [0.15, 0.2) is 41.5 Å². The molecule has 2 unspecified atom stereocenters. The van der Waals surface area contributed by atoms with Gasteiger partial charge in [0.2, 0.25) is 0 Å². The molecule has 0 bridgehead atoms. The highest BCUT2D eigenvalue weighted by molar-refractivity contribution is 5.94. The molecule has 158 valence electrons. The lowest BCUT2D eigenvalue weighted by Crippen LogP contribution is -2.40. The molecule has 1 aromatic heterocycles. The Kier molecular flexibility index (Phi) is 8.58. The first-order valence-corrected chi connectivity index (χ1v) is 10.4. The van der Waals surface area contributed by atoms with Crippen molar-refractivity contribution < 1.29 is 9.37 Å². The van der Waals surface area contributed by atoms with E-state index in [9.17, 15) is 4.79 Å². The zero-order valence-corrected chi connectivity index (χ0v) is 18.7. The number of nitrogens with zero attached hydrogens (tertiary/aromatic N) is 2. The first-order valence-electron chi connectivity index (χ1n) is 10.4. The zero-order chi connectivity index (χ0) is 21.4. The molecule has 0 aliphatic carbocycles. The van der Waals surface area contributed by atoms with Gasteiger partial charge in [-0.1, -0.05) is 11.1 Å². The number of hydrogen-bond donors (Lipinski definition) is 3. The van der Waals surface area contributed by atoms with E-state index in [-0.39, 0.29) is 11.9 Å². The van der Waals surface area contributed by atoms with Crippen molar-refractivity contribution >= 4 is 12.1 Å². The Morgan fingerprint density at radius 2 is 2.10 bits per heavy atom. The lowest BCUT2D eigenvalue weighted by atomic mass is 10.0. The van der Waals surface area contributed by atoms with E-state index in [1.165, 1.54) is 11.1 Å². The fraction of sp³-hybridized carbons (Fsp3) is 0.522. The summed E-state index contributed by atoms with van der Waals surface area (Å²) in [5, 5.41) is 10.1. The third-order valence-corrected chi connectivity index (χ3v) is 5.06. The average Bonchev–Trinajstić information content (AvgIpc) is 2.67. The molecule has 1 aliphatic heterocycles. The lowest BCUT2D eigenvalue weighted by molar-refractivity contribution is -0.449. The molecule has 1 amide bonds. The monoisotopic (exact) mass is 398 g/mol. The second kappa shape index (κ2) is 10.9. The van der Waals surface area contributed by atoms with Gasteiger partial charge in [-0.15, -0.1) is 0 Å². The van der Waals surface area contributed by atoms with Crippen LogP contribution in [0.25, 0.3) is 0 Å². The van der Waals surface area contributed by atoms with Gasteiger partial charge in [0.05, 0.1) is 31.4 Å². The van der Waals surface area contributed by atoms with Gasteiger partial charge in [0.15, 0.2) is 0 Å². The van der Waals surface area contributed by atoms with E-state index in [1.54, 1.807) is 12.4 Å². The predicted molar refractivity (Wildman–Crippen MR) is 119 cm³/mol. The van der Waals surface area contributed by atoms with E-state index >= 15 is 0 Å². The number of carbonyl (C=O) groups excluding carboxylic acids is 1. The molecule has 29 heavy (non-hydrogen) atoms. The van der Waals surface area contributed by atoms with Crippen LogP contribution in [0.3, 0.4) is 0 Å². The highest BCUT2D eigenvalue weighted by Gasteiger charge is 2.18. The fourth-order valence-electron chi connectivity index (χ4n) is 3.42. The van der Waals surface area contributed by atoms with Crippen LogP contribution in [0.1, 0.15) is 56.5 Å². The average molecular weight is 399 g/mol. The molecule has 6 nitrogen and oxygen atoms in total. The standard InChI is InChI=1S/C23H35N5O/c1-7-25-22-9-8-21(15-28(22)6)26-14-19(16(2)3)11-18(5)27-23(29)20-10-17(4)12-24-13-20/h9-10,12-13,15,18,21,25-26H,7-8,11,14H2,1-6H3/p+1. The van der Waals surface area contributed by atoms with Crippen LogP contribution in [0.2, 0.25) is 0 Å². The minimum atomic E-state index is -0.0712. The number of pyridine rings is 1. The Labute approximate surface area is 175 Å². The van der Waals surface area contributed by atoms with Gasteiger partial charge in [0.25, 0.3) is 11.7 Å². The molecule has 2 heterocycles. The summed E-state index contributed by atoms with van der Waals surface area (Å²) in [5.74, 6) is 1.09. The molecule has 2 rings (SSSR count). The Morgan fingerprint density at radius 3 is 2.72 bits per heavy atom. The van der Waals surface area contributed by atoms with Gasteiger partial charge in [-0.3, -0.25) is 15.1 Å². The minimum Gasteiger partial charge on any atom is -0.349 e. The highest BCUT2D eigenvalue weighted by atomic mass is 16.1. The number of carbonyl (C=O) groups is 1. The molecule has 0 fully saturated rings. The predicted octanol–water partition coefficient (Wildman–Crippen LogP) is 2.76. The number of aryl methyl sites for hydroxylation is 1. The molecule has 0 aromatic carbocycles. The molecular weight excluding hydrogens is 362 g/mol. The molecule has 3 N–H and O–H groups in total. The third-order valence-electron chi connectivity index (χ3n) is 5.06. The second-order valence-corrected chi connectivity index (χ2v) is 8.04. The number of allylic oxidation sites excluding steroid dienone is 1. The molecule has 1 aromatic rings. The maximum absolute atomic E-state index is 12.5. The summed E-state index contributed by atoms with van der Waals surface area (Å²) in [7, 11) is 2.07. The molecule has 0 saturated carbocycles. The van der Waals surface area contributed by atoms with Crippen LogP contribution >= 0.6 is 0 Å². The summed E-state index contributed by atoms with van der Waals surface area (Å²) in [6.07, 6.45) is 9.61. The summed E-state index contributed by atoms with van der Waals surface area (Å²) >= 11 is 0. The second-order valence-electron chi connectivity index (χ2n) is 8.04. The van der Waals surface area contributed by atoms with Gasteiger partial charge in [0, 0.05) is 31.1 Å². The normalized spacial score (nSPS) is 17.1. The van der Waals surface area contributed by atoms with Crippen molar-refractivity contribution in [2.75, 3.05) is 20.1 Å². The quantitative estimate of drug-likeness (QED) is 0.442. The fourth-order valence-corrected chi connectivity index (χ4v) is 3.42. The first-order chi connectivity index (χ1) is 13.8. The largest absolute Gasteiger partial charge is 0.349 e. The highest BCUT2D eigenvalue weighted by Crippen LogP contribution is 2.13. The van der Waals surface area contributed by atoms with Crippen molar-refractivity contribution in [1.82, 2.24) is 20.9 Å². The number of nitrogens with one attached hydrogen (secondary N) is 3. The summed E-state index contributed by atoms with van der Waals surface area (Å²) in [6, 6.07) is 2.22. The van der Waals surface area contributed by atoms with E-state index in [0.717, 1.165) is 37.3 Å². The van der Waals surface area contributed by atoms with E-state index in [1.807, 2.05) is 13.0 Å². The maximum atomic E-state index is 12.5. The Hall–Kier alpha value is -2.47. The Morgan fingerprint density at radius 1 is 1.34 bits per heavy atom. The van der Waals surface area contributed by atoms with E-state index in [4.69, 9.17) is 0 Å². The molecular formula is C23H36N5O+. The van der Waals surface area contributed by atoms with Crippen LogP contribution < -0.4 is 16.0 Å². The summed E-state index contributed by atoms with van der Waals surface area (Å²) in [6.45, 7) is 12.1. The van der Waals surface area contributed by atoms with Gasteiger partial charge >= 0.3 is 0 Å². The van der Waals surface area contributed by atoms with E-state index in [2.05, 4.69) is 72.5 Å². The topological polar surface area (TPSA) is 69.1 Å². The lowest BCUT2D eigenvalue weighted by Gasteiger charge is -2.22. The molecule has 6 heteroatoms. The number of hydrogen-bond acceptors (Lipinski definition) is 4. The SMILES string of the molecule is CCNC1=CCC(NCC(CC(C)NC(=O)c2cncc(C)c2)=C(C)C)C=[N+]1C. The number of aromatic nitrogens is 1. The zero-order valence-electron chi connectivity index (χ0n) is 18.7. The van der Waals surface area contributed by atoms with Crippen LogP contribution in [-0.4, -0.2) is 53.9 Å². The van der Waals surface area contributed by atoms with Crippen LogP contribution in [0.4, 0.5) is 0 Å². The third kappa shape index (κ3) is 7.13. The molecule has 0 spiro atoms. The van der Waals surface area contributed by atoms with Crippen LogP contribution in [0, 0.1) is 6.92 Å². The van der Waals surface area contributed by atoms with Crippen molar-refractivity contribution in [2.24, 2.45) is 0 Å². The Bertz CT molecular complexity index is 805. The number of rotatable bonds is 9. The Balaban J connectivity index is 1.89. The van der Waals surface area contributed by atoms with E-state index in [0.29, 0.717) is 11.6 Å². The van der Waals surface area contributed by atoms with E-state index < -0.39 is 0 Å². The van der Waals surface area contributed by atoms with Gasteiger partial charge in [0.1, 0.15) is 0 Å². The molecule has 0 radical (unpaired) electrons. The van der Waals surface area contributed by atoms with Gasteiger partial charge < -0.3 is 10.6 Å². The van der Waals surface area contributed by atoms with Crippen molar-refractivity contribution in [3.05, 3.63) is 52.6 Å². The summed E-state index contributed by atoms with van der Waals surface area (Å²) < 4.78 is 2.14. The molecule has 1 aliphatic rings. The number of amides is 1. The smallest absolute Gasteiger partial charge is 0.269 e. The van der Waals surface area contributed by atoms with Gasteiger partial charge in [-0.2, -0.15) is 0 Å². The summed E-state index contributed by atoms with van der Waals surface area (Å²) in [4.78, 5) is 16.6. The van der Waals surface area contributed by atoms with Crippen molar-refractivity contribution in [3.63, 3.8) is 0 Å². The molecule has 0 saturated heterocycles. The van der Waals surface area contributed by atoms with Crippen molar-refractivity contribution in [2.45, 2.75) is 59.5 Å². The maximum Gasteiger partial charge on any atom is 0.269 e. The minimum absolute atomic E-state index is 0.0490. The van der Waals surface area contributed by atoms with Gasteiger partial charge in [-0.25, -0.2) is 4.58 Å². The van der Waals surface area contributed by atoms with Crippen molar-refractivity contribution in [1.29, 1.82) is 0 Å². The van der Waals surface area contributed by atoms with Gasteiger partial charge in [-0.05, 0) is 59.1 Å². The van der Waals surface area contributed by atoms with Crippen LogP contribution in [-0.2, 0) is 0 Å². The van der Waals surface area contributed by atoms with Crippen LogP contribution in [0.5, 0.6) is 0 Å². The van der Waals surface area contributed by atoms with Crippen molar-refractivity contribution in [3.8, 4) is 0 Å². The first kappa shape index (κ1) is 22.8. The molecule has 2 atom stereocenters.